The molecule has 0 aliphatic heterocycles. The molecule has 2 nitrogen and oxygen atoms in total. The maximum atomic E-state index is 13.6. The molecule has 0 fully saturated rings. The Morgan fingerprint density at radius 3 is 2.88 bits per heavy atom. The average Bonchev–Trinajstić information content (AvgIpc) is 2.31. The van der Waals surface area contributed by atoms with Gasteiger partial charge in [0.1, 0.15) is 0 Å². The van der Waals surface area contributed by atoms with E-state index in [1.54, 1.807) is 30.4 Å². The van der Waals surface area contributed by atoms with Crippen LogP contribution in [-0.4, -0.2) is 16.7 Å². The first kappa shape index (κ1) is 11.0. The first-order chi connectivity index (χ1) is 7.72. The Bertz CT molecular complexity index is 554. The number of fused-ring (bicyclic) bond motifs is 1. The molecule has 0 aliphatic rings. The third-order valence-electron chi connectivity index (χ3n) is 2.17. The van der Waals surface area contributed by atoms with Crippen molar-refractivity contribution >= 4 is 28.6 Å². The molecule has 0 bridgehead atoms. The van der Waals surface area contributed by atoms with Crippen molar-refractivity contribution in [3.63, 3.8) is 0 Å². The van der Waals surface area contributed by atoms with E-state index in [2.05, 4.69) is 4.98 Å². The first-order valence-electron chi connectivity index (χ1n) is 4.74. The highest BCUT2D eigenvalue weighted by atomic mass is 35.5. The molecule has 0 unspecified atom stereocenters. The van der Waals surface area contributed by atoms with E-state index in [9.17, 15) is 4.39 Å². The van der Waals surface area contributed by atoms with Crippen LogP contribution >= 0.6 is 11.6 Å². The Morgan fingerprint density at radius 2 is 2.12 bits per heavy atom. The molecule has 0 spiro atoms. The zero-order valence-corrected chi connectivity index (χ0v) is 9.08. The molecule has 2 rings (SSSR count). The molecule has 4 heteroatoms. The second-order valence-electron chi connectivity index (χ2n) is 3.25. The molecule has 1 aromatic heterocycles. The zero-order valence-electron chi connectivity index (χ0n) is 8.32. The van der Waals surface area contributed by atoms with E-state index < -0.39 is 5.82 Å². The topological polar surface area (TPSA) is 33.1 Å². The van der Waals surface area contributed by atoms with Gasteiger partial charge in [-0.1, -0.05) is 17.7 Å². The standard InChI is InChI=1S/C12H9ClFNO/c13-10-5-6-11-9(12(10)14)4-3-8(15-11)2-1-7-16/h1-6,16H,7H2/b2-1+. The molecular weight excluding hydrogens is 229 g/mol. The predicted molar refractivity (Wildman–Crippen MR) is 62.8 cm³/mol. The third kappa shape index (κ3) is 2.05. The van der Waals surface area contributed by atoms with E-state index >= 15 is 0 Å². The number of halogens is 2. The Hall–Kier alpha value is -1.45. The van der Waals surface area contributed by atoms with Crippen LogP contribution < -0.4 is 0 Å². The summed E-state index contributed by atoms with van der Waals surface area (Å²) in [7, 11) is 0. The number of aliphatic hydroxyl groups is 1. The number of nitrogens with zero attached hydrogens (tertiary/aromatic N) is 1. The van der Waals surface area contributed by atoms with E-state index in [0.29, 0.717) is 16.6 Å². The van der Waals surface area contributed by atoms with Gasteiger partial charge in [-0.3, -0.25) is 0 Å². The van der Waals surface area contributed by atoms with Gasteiger partial charge in [0.05, 0.1) is 22.8 Å². The normalized spacial score (nSPS) is 11.4. The number of pyridine rings is 1. The van der Waals surface area contributed by atoms with Gasteiger partial charge in [-0.2, -0.15) is 0 Å². The molecule has 82 valence electrons. The van der Waals surface area contributed by atoms with Gasteiger partial charge in [-0.25, -0.2) is 9.37 Å². The summed E-state index contributed by atoms with van der Waals surface area (Å²) >= 11 is 5.66. The second kappa shape index (κ2) is 4.60. The predicted octanol–water partition coefficient (Wildman–Crippen LogP) is 3.03. The molecule has 0 aliphatic carbocycles. The van der Waals surface area contributed by atoms with E-state index in [0.717, 1.165) is 0 Å². The molecule has 1 N–H and O–H groups in total. The maximum Gasteiger partial charge on any atom is 0.151 e. The van der Waals surface area contributed by atoms with E-state index in [1.807, 2.05) is 0 Å². The van der Waals surface area contributed by atoms with Crippen LogP contribution in [0.4, 0.5) is 4.39 Å². The molecule has 1 heterocycles. The van der Waals surface area contributed by atoms with Crippen molar-refractivity contribution in [2.45, 2.75) is 0 Å². The van der Waals surface area contributed by atoms with Crippen LogP contribution in [0.2, 0.25) is 5.02 Å². The number of hydrogen-bond acceptors (Lipinski definition) is 2. The van der Waals surface area contributed by atoms with Crippen LogP contribution in [0, 0.1) is 5.82 Å². The minimum atomic E-state index is -0.454. The second-order valence-corrected chi connectivity index (χ2v) is 3.66. The Balaban J connectivity index is 2.56. The van der Waals surface area contributed by atoms with Crippen molar-refractivity contribution in [3.8, 4) is 0 Å². The summed E-state index contributed by atoms with van der Waals surface area (Å²) in [6, 6.07) is 6.44. The lowest BCUT2D eigenvalue weighted by Crippen LogP contribution is -1.87. The van der Waals surface area contributed by atoms with Crippen molar-refractivity contribution in [3.05, 3.63) is 46.9 Å². The van der Waals surface area contributed by atoms with Crippen molar-refractivity contribution in [1.82, 2.24) is 4.98 Å². The summed E-state index contributed by atoms with van der Waals surface area (Å²) < 4.78 is 13.6. The minimum Gasteiger partial charge on any atom is -0.392 e. The molecule has 0 amide bonds. The van der Waals surface area contributed by atoms with E-state index in [1.165, 1.54) is 6.07 Å². The highest BCUT2D eigenvalue weighted by Gasteiger charge is 2.06. The Kier molecular flexibility index (Phi) is 3.17. The molecule has 1 aromatic carbocycles. The first-order valence-corrected chi connectivity index (χ1v) is 5.12. The quantitative estimate of drug-likeness (QED) is 0.871. The van der Waals surface area contributed by atoms with Gasteiger partial charge in [-0.05, 0) is 30.3 Å². The average molecular weight is 238 g/mol. The molecule has 0 saturated carbocycles. The molecule has 2 aromatic rings. The lowest BCUT2D eigenvalue weighted by Gasteiger charge is -2.01. The number of aromatic nitrogens is 1. The molecule has 16 heavy (non-hydrogen) atoms. The summed E-state index contributed by atoms with van der Waals surface area (Å²) in [5, 5.41) is 9.12. The van der Waals surface area contributed by atoms with Crippen LogP contribution in [0.3, 0.4) is 0 Å². The summed E-state index contributed by atoms with van der Waals surface area (Å²) in [6.07, 6.45) is 3.24. The summed E-state index contributed by atoms with van der Waals surface area (Å²) in [5.74, 6) is -0.454. The van der Waals surface area contributed by atoms with Crippen LogP contribution in [-0.2, 0) is 0 Å². The van der Waals surface area contributed by atoms with Crippen molar-refractivity contribution in [2.75, 3.05) is 6.61 Å². The van der Waals surface area contributed by atoms with E-state index in [-0.39, 0.29) is 11.6 Å². The zero-order chi connectivity index (χ0) is 11.5. The number of hydrogen-bond donors (Lipinski definition) is 1. The lowest BCUT2D eigenvalue weighted by atomic mass is 10.2. The van der Waals surface area contributed by atoms with E-state index in [4.69, 9.17) is 16.7 Å². The molecular formula is C12H9ClFNO. The number of benzene rings is 1. The van der Waals surface area contributed by atoms with Gasteiger partial charge < -0.3 is 5.11 Å². The molecule has 0 saturated heterocycles. The van der Waals surface area contributed by atoms with Gasteiger partial charge in [0, 0.05) is 5.39 Å². The maximum absolute atomic E-state index is 13.6. The largest absolute Gasteiger partial charge is 0.392 e. The van der Waals surface area contributed by atoms with Crippen LogP contribution in [0.15, 0.2) is 30.3 Å². The number of aliphatic hydroxyl groups excluding tert-OH is 1. The van der Waals surface area contributed by atoms with Gasteiger partial charge in [0.15, 0.2) is 5.82 Å². The third-order valence-corrected chi connectivity index (χ3v) is 2.47. The van der Waals surface area contributed by atoms with Crippen molar-refractivity contribution < 1.29 is 9.50 Å². The fourth-order valence-corrected chi connectivity index (χ4v) is 1.59. The van der Waals surface area contributed by atoms with Gasteiger partial charge in [0.25, 0.3) is 0 Å². The SMILES string of the molecule is OC/C=C/c1ccc2c(F)c(Cl)ccc2n1. The smallest absolute Gasteiger partial charge is 0.151 e. The Labute approximate surface area is 97.0 Å². The fraction of sp³-hybridized carbons (Fsp3) is 0.0833. The molecule has 0 radical (unpaired) electrons. The summed E-state index contributed by atoms with van der Waals surface area (Å²) in [4.78, 5) is 4.22. The number of rotatable bonds is 2. The highest BCUT2D eigenvalue weighted by Crippen LogP contribution is 2.23. The van der Waals surface area contributed by atoms with Gasteiger partial charge in [-0.15, -0.1) is 0 Å². The van der Waals surface area contributed by atoms with Gasteiger partial charge in [0.2, 0.25) is 0 Å². The minimum absolute atomic E-state index is 0.0469. The van der Waals surface area contributed by atoms with Crippen LogP contribution in [0.1, 0.15) is 5.69 Å². The lowest BCUT2D eigenvalue weighted by molar-refractivity contribution is 0.343. The van der Waals surface area contributed by atoms with Crippen molar-refractivity contribution in [1.29, 1.82) is 0 Å². The fourth-order valence-electron chi connectivity index (χ4n) is 1.42. The van der Waals surface area contributed by atoms with Crippen molar-refractivity contribution in [2.24, 2.45) is 0 Å². The van der Waals surface area contributed by atoms with Crippen LogP contribution in [0.5, 0.6) is 0 Å². The summed E-state index contributed by atoms with van der Waals surface area (Å²) in [6.45, 7) is -0.0469. The highest BCUT2D eigenvalue weighted by molar-refractivity contribution is 6.31. The van der Waals surface area contributed by atoms with Crippen LogP contribution in [0.25, 0.3) is 17.0 Å². The monoisotopic (exact) mass is 237 g/mol. The van der Waals surface area contributed by atoms with Gasteiger partial charge >= 0.3 is 0 Å². The molecule has 0 atom stereocenters. The summed E-state index contributed by atoms with van der Waals surface area (Å²) in [5.41, 5.74) is 1.21. The Morgan fingerprint density at radius 1 is 1.31 bits per heavy atom.